The lowest BCUT2D eigenvalue weighted by atomic mass is 9.90. The molecule has 4 heterocycles. The van der Waals surface area contributed by atoms with Crippen LogP contribution in [-0.2, 0) is 11.3 Å². The van der Waals surface area contributed by atoms with Gasteiger partial charge in [0.25, 0.3) is 0 Å². The van der Waals surface area contributed by atoms with E-state index >= 15 is 0 Å². The van der Waals surface area contributed by atoms with Crippen molar-refractivity contribution in [3.8, 4) is 11.3 Å². The van der Waals surface area contributed by atoms with Crippen molar-refractivity contribution in [2.75, 3.05) is 18.8 Å². The summed E-state index contributed by atoms with van der Waals surface area (Å²) in [6.07, 6.45) is 6.48. The fourth-order valence-electron chi connectivity index (χ4n) is 4.79. The number of nitrogens with one attached hydrogen (secondary N) is 1. The van der Waals surface area contributed by atoms with Crippen molar-refractivity contribution < 1.29 is 4.79 Å². The summed E-state index contributed by atoms with van der Waals surface area (Å²) in [5.74, 6) is 1.26. The Bertz CT molecular complexity index is 1310. The highest BCUT2D eigenvalue weighted by molar-refractivity contribution is 5.99. The van der Waals surface area contributed by atoms with E-state index in [1.807, 2.05) is 36.5 Å². The third-order valence-electron chi connectivity index (χ3n) is 6.68. The van der Waals surface area contributed by atoms with E-state index in [1.54, 1.807) is 0 Å². The van der Waals surface area contributed by atoms with Crippen molar-refractivity contribution in [1.82, 2.24) is 29.6 Å². The number of aromatic amines is 1. The van der Waals surface area contributed by atoms with Crippen LogP contribution in [0.5, 0.6) is 0 Å². The second kappa shape index (κ2) is 8.17. The molecular weight excluding hydrogens is 414 g/mol. The predicted molar refractivity (Wildman–Crippen MR) is 130 cm³/mol. The maximum atomic E-state index is 12.6. The van der Waals surface area contributed by atoms with Gasteiger partial charge in [-0.3, -0.25) is 4.79 Å². The van der Waals surface area contributed by atoms with Gasteiger partial charge in [-0.15, -0.1) is 0 Å². The van der Waals surface area contributed by atoms with Crippen molar-refractivity contribution in [2.24, 2.45) is 11.3 Å². The second-order valence-electron chi connectivity index (χ2n) is 10.1. The first kappa shape index (κ1) is 21.4. The molecule has 1 saturated heterocycles. The number of benzene rings is 1. The Labute approximate surface area is 193 Å². The molecule has 8 nitrogen and oxygen atoms in total. The van der Waals surface area contributed by atoms with Gasteiger partial charge in [0.2, 0.25) is 5.91 Å². The smallest absolute Gasteiger partial charge is 0.227 e. The minimum atomic E-state index is -0.319. The van der Waals surface area contributed by atoms with Crippen LogP contribution in [0.15, 0.2) is 36.8 Å². The molecule has 0 bridgehead atoms. The number of aryl methyl sites for hydroxylation is 1. The van der Waals surface area contributed by atoms with Gasteiger partial charge < -0.3 is 15.6 Å². The van der Waals surface area contributed by atoms with Crippen LogP contribution in [0, 0.1) is 11.3 Å². The molecule has 0 spiro atoms. The largest absolute Gasteiger partial charge is 0.383 e. The highest BCUT2D eigenvalue weighted by Crippen LogP contribution is 2.32. The molecule has 1 amide bonds. The lowest BCUT2D eigenvalue weighted by Crippen LogP contribution is -2.44. The number of anilines is 1. The number of likely N-dealkylation sites (tertiary alicyclic amines) is 1. The summed E-state index contributed by atoms with van der Waals surface area (Å²) < 4.78 is 1.97. The van der Waals surface area contributed by atoms with Gasteiger partial charge in [0, 0.05) is 47.7 Å². The number of rotatable bonds is 4. The minimum absolute atomic E-state index is 0.246. The molecule has 1 fully saturated rings. The standard InChI is InChI=1S/C25H31N7O/c1-25(2,3)24(33)31-11-7-16(8-12-31)9-13-32-23-20(22(26)28-15-29-23)21(30-32)18-4-5-19-17(14-18)6-10-27-19/h4-6,10,14-16,27H,7-9,11-13H2,1-3H3,(H2,26,28,29). The van der Waals surface area contributed by atoms with Gasteiger partial charge in [-0.25, -0.2) is 14.6 Å². The van der Waals surface area contributed by atoms with Gasteiger partial charge in [-0.2, -0.15) is 5.10 Å². The first-order valence-corrected chi connectivity index (χ1v) is 11.6. The van der Waals surface area contributed by atoms with Gasteiger partial charge in [0.05, 0.1) is 5.39 Å². The normalized spacial score (nSPS) is 15.5. The Kier molecular flexibility index (Phi) is 5.31. The number of nitrogens with zero attached hydrogens (tertiary/aromatic N) is 5. The van der Waals surface area contributed by atoms with E-state index in [2.05, 4.69) is 39.2 Å². The average molecular weight is 446 g/mol. The third-order valence-corrected chi connectivity index (χ3v) is 6.68. The average Bonchev–Trinajstić information content (AvgIpc) is 3.42. The van der Waals surface area contributed by atoms with Gasteiger partial charge in [0.15, 0.2) is 5.65 Å². The van der Waals surface area contributed by atoms with Crippen molar-refractivity contribution in [3.63, 3.8) is 0 Å². The van der Waals surface area contributed by atoms with Crippen LogP contribution in [-0.4, -0.2) is 48.6 Å². The molecule has 0 atom stereocenters. The fraction of sp³-hybridized carbons (Fsp3) is 0.440. The van der Waals surface area contributed by atoms with E-state index in [-0.39, 0.29) is 11.3 Å². The minimum Gasteiger partial charge on any atom is -0.383 e. The van der Waals surface area contributed by atoms with Crippen LogP contribution in [0.4, 0.5) is 5.82 Å². The number of amides is 1. The summed E-state index contributed by atoms with van der Waals surface area (Å²) in [5, 5.41) is 6.86. The monoisotopic (exact) mass is 445 g/mol. The summed E-state index contributed by atoms with van der Waals surface area (Å²) in [6, 6.07) is 8.28. The molecule has 0 unspecified atom stereocenters. The predicted octanol–water partition coefficient (Wildman–Crippen LogP) is 4.23. The van der Waals surface area contributed by atoms with Crippen molar-refractivity contribution in [2.45, 2.75) is 46.6 Å². The number of hydrogen-bond acceptors (Lipinski definition) is 5. The highest BCUT2D eigenvalue weighted by Gasteiger charge is 2.30. The first-order chi connectivity index (χ1) is 15.8. The summed E-state index contributed by atoms with van der Waals surface area (Å²) in [6.45, 7) is 8.39. The van der Waals surface area contributed by atoms with E-state index < -0.39 is 0 Å². The molecule has 33 heavy (non-hydrogen) atoms. The molecule has 5 rings (SSSR count). The van der Waals surface area contributed by atoms with Crippen molar-refractivity contribution in [1.29, 1.82) is 0 Å². The summed E-state index contributed by atoms with van der Waals surface area (Å²) >= 11 is 0. The molecule has 0 radical (unpaired) electrons. The molecular formula is C25H31N7O. The summed E-state index contributed by atoms with van der Waals surface area (Å²) in [7, 11) is 0. The molecule has 1 aliphatic rings. The molecule has 1 aromatic carbocycles. The van der Waals surface area contributed by atoms with E-state index in [4.69, 9.17) is 10.8 Å². The fourth-order valence-corrected chi connectivity index (χ4v) is 4.79. The Morgan fingerprint density at radius 3 is 2.73 bits per heavy atom. The number of aromatic nitrogens is 5. The molecule has 0 aliphatic carbocycles. The Morgan fingerprint density at radius 2 is 1.97 bits per heavy atom. The number of carbonyl (C=O) groups excluding carboxylic acids is 1. The molecule has 3 N–H and O–H groups in total. The third kappa shape index (κ3) is 4.05. The second-order valence-corrected chi connectivity index (χ2v) is 10.1. The topological polar surface area (TPSA) is 106 Å². The number of nitrogen functional groups attached to an aromatic ring is 1. The first-order valence-electron chi connectivity index (χ1n) is 11.6. The SMILES string of the molecule is CC(C)(C)C(=O)N1CCC(CCn2nc(-c3ccc4[nH]ccc4c3)c3c(N)ncnc32)CC1. The Balaban J connectivity index is 1.35. The molecule has 1 aliphatic heterocycles. The van der Waals surface area contributed by atoms with Crippen molar-refractivity contribution in [3.05, 3.63) is 36.8 Å². The number of piperidine rings is 1. The number of H-pyrrole nitrogens is 1. The van der Waals surface area contributed by atoms with Crippen LogP contribution in [0.25, 0.3) is 33.2 Å². The summed E-state index contributed by atoms with van der Waals surface area (Å²) in [4.78, 5) is 26.6. The number of hydrogen-bond donors (Lipinski definition) is 2. The molecule has 0 saturated carbocycles. The van der Waals surface area contributed by atoms with Crippen LogP contribution in [0.3, 0.4) is 0 Å². The highest BCUT2D eigenvalue weighted by atomic mass is 16.2. The Hall–Kier alpha value is -3.42. The zero-order chi connectivity index (χ0) is 23.2. The lowest BCUT2D eigenvalue weighted by molar-refractivity contribution is -0.140. The quantitative estimate of drug-likeness (QED) is 0.489. The van der Waals surface area contributed by atoms with Crippen molar-refractivity contribution >= 4 is 33.7 Å². The van der Waals surface area contributed by atoms with Crippen LogP contribution in [0.2, 0.25) is 0 Å². The maximum absolute atomic E-state index is 12.6. The van der Waals surface area contributed by atoms with Gasteiger partial charge >= 0.3 is 0 Å². The van der Waals surface area contributed by atoms with Crippen LogP contribution >= 0.6 is 0 Å². The number of fused-ring (bicyclic) bond motifs is 2. The van der Waals surface area contributed by atoms with E-state index in [0.717, 1.165) is 72.1 Å². The maximum Gasteiger partial charge on any atom is 0.227 e. The molecule has 8 heteroatoms. The Morgan fingerprint density at radius 1 is 1.18 bits per heavy atom. The molecule has 4 aromatic rings. The lowest BCUT2D eigenvalue weighted by Gasteiger charge is -2.35. The zero-order valence-corrected chi connectivity index (χ0v) is 19.5. The zero-order valence-electron chi connectivity index (χ0n) is 19.5. The van der Waals surface area contributed by atoms with E-state index in [9.17, 15) is 4.79 Å². The van der Waals surface area contributed by atoms with Crippen LogP contribution in [0.1, 0.15) is 40.0 Å². The van der Waals surface area contributed by atoms with E-state index in [0.29, 0.717) is 11.7 Å². The number of nitrogens with two attached hydrogens (primary N) is 1. The summed E-state index contributed by atoms with van der Waals surface area (Å²) in [5.41, 5.74) is 9.62. The van der Waals surface area contributed by atoms with Gasteiger partial charge in [0.1, 0.15) is 17.8 Å². The van der Waals surface area contributed by atoms with Gasteiger partial charge in [-0.1, -0.05) is 26.8 Å². The van der Waals surface area contributed by atoms with Crippen LogP contribution < -0.4 is 5.73 Å². The van der Waals surface area contributed by atoms with Gasteiger partial charge in [-0.05, 0) is 43.4 Å². The molecule has 172 valence electrons. The van der Waals surface area contributed by atoms with E-state index in [1.165, 1.54) is 6.33 Å². The molecule has 3 aromatic heterocycles. The number of carbonyl (C=O) groups is 1.